The van der Waals surface area contributed by atoms with Gasteiger partial charge in [-0.15, -0.1) is 11.6 Å². The fraction of sp³-hybridized carbons (Fsp3) is 0.889. The molecule has 0 aromatic carbocycles. The number of halogens is 1. The van der Waals surface area contributed by atoms with E-state index in [-0.39, 0.29) is 11.9 Å². The monoisotopic (exact) mass is 190 g/mol. The SMILES string of the molecule is COC(=O)C1CCCCC1CCl. The maximum atomic E-state index is 11.3. The van der Waals surface area contributed by atoms with Gasteiger partial charge in [0, 0.05) is 5.88 Å². The Balaban J connectivity index is 2.52. The minimum absolute atomic E-state index is 0.0567. The molecule has 2 atom stereocenters. The molecule has 2 unspecified atom stereocenters. The van der Waals surface area contributed by atoms with Crippen LogP contribution >= 0.6 is 11.6 Å². The predicted molar refractivity (Wildman–Crippen MR) is 48.2 cm³/mol. The molecule has 1 rings (SSSR count). The molecule has 70 valence electrons. The van der Waals surface area contributed by atoms with E-state index in [2.05, 4.69) is 0 Å². The van der Waals surface area contributed by atoms with Crippen molar-refractivity contribution in [3.8, 4) is 0 Å². The molecule has 3 heteroatoms. The molecule has 0 saturated heterocycles. The standard InChI is InChI=1S/C9H15ClO2/c1-12-9(11)8-5-3-2-4-7(8)6-10/h7-8H,2-6H2,1H3. The molecule has 0 bridgehead atoms. The van der Waals surface area contributed by atoms with E-state index in [0.29, 0.717) is 11.8 Å². The number of ether oxygens (including phenoxy) is 1. The molecular formula is C9H15ClO2. The number of alkyl halides is 1. The first-order chi connectivity index (χ1) is 5.79. The van der Waals surface area contributed by atoms with Crippen molar-refractivity contribution in [2.24, 2.45) is 11.8 Å². The van der Waals surface area contributed by atoms with E-state index in [0.717, 1.165) is 19.3 Å². The summed E-state index contributed by atoms with van der Waals surface area (Å²) in [5.74, 6) is 0.897. The summed E-state index contributed by atoms with van der Waals surface area (Å²) in [6.07, 6.45) is 4.35. The van der Waals surface area contributed by atoms with E-state index < -0.39 is 0 Å². The average molecular weight is 191 g/mol. The second-order valence-electron chi connectivity index (χ2n) is 3.33. The molecule has 1 aliphatic carbocycles. The lowest BCUT2D eigenvalue weighted by Crippen LogP contribution is -2.29. The van der Waals surface area contributed by atoms with Gasteiger partial charge in [-0.05, 0) is 18.8 Å². The van der Waals surface area contributed by atoms with Crippen molar-refractivity contribution in [2.75, 3.05) is 13.0 Å². The molecule has 0 N–H and O–H groups in total. The highest BCUT2D eigenvalue weighted by Crippen LogP contribution is 2.31. The van der Waals surface area contributed by atoms with Crippen molar-refractivity contribution in [1.29, 1.82) is 0 Å². The number of rotatable bonds is 2. The molecule has 0 radical (unpaired) electrons. The molecule has 0 aliphatic heterocycles. The molecule has 1 saturated carbocycles. The van der Waals surface area contributed by atoms with E-state index in [9.17, 15) is 4.79 Å². The summed E-state index contributed by atoms with van der Waals surface area (Å²) in [7, 11) is 1.45. The van der Waals surface area contributed by atoms with Gasteiger partial charge in [0.2, 0.25) is 0 Å². The summed E-state index contributed by atoms with van der Waals surface area (Å²) >= 11 is 5.77. The first kappa shape index (κ1) is 9.85. The molecule has 1 aliphatic rings. The van der Waals surface area contributed by atoms with Crippen LogP contribution in [0.4, 0.5) is 0 Å². The van der Waals surface area contributed by atoms with Crippen LogP contribution in [-0.4, -0.2) is 19.0 Å². The number of carbonyl (C=O) groups is 1. The van der Waals surface area contributed by atoms with Crippen LogP contribution in [0.3, 0.4) is 0 Å². The third kappa shape index (κ3) is 2.13. The van der Waals surface area contributed by atoms with Crippen molar-refractivity contribution in [3.63, 3.8) is 0 Å². The van der Waals surface area contributed by atoms with Crippen LogP contribution in [0.2, 0.25) is 0 Å². The fourth-order valence-corrected chi connectivity index (χ4v) is 2.22. The van der Waals surface area contributed by atoms with Gasteiger partial charge in [0.15, 0.2) is 0 Å². The van der Waals surface area contributed by atoms with Crippen LogP contribution in [-0.2, 0) is 9.53 Å². The Morgan fingerprint density at radius 2 is 2.17 bits per heavy atom. The minimum atomic E-state index is -0.0830. The van der Waals surface area contributed by atoms with Crippen molar-refractivity contribution in [2.45, 2.75) is 25.7 Å². The summed E-state index contributed by atoms with van der Waals surface area (Å²) < 4.78 is 4.72. The lowest BCUT2D eigenvalue weighted by molar-refractivity contribution is -0.148. The molecule has 1 fully saturated rings. The van der Waals surface area contributed by atoms with Gasteiger partial charge < -0.3 is 4.74 Å². The third-order valence-electron chi connectivity index (χ3n) is 2.61. The van der Waals surface area contributed by atoms with Gasteiger partial charge in [-0.1, -0.05) is 12.8 Å². The zero-order chi connectivity index (χ0) is 8.97. The molecule has 2 nitrogen and oxygen atoms in total. The number of hydrogen-bond donors (Lipinski definition) is 0. The quantitative estimate of drug-likeness (QED) is 0.493. The fourth-order valence-electron chi connectivity index (χ4n) is 1.85. The highest BCUT2D eigenvalue weighted by Gasteiger charge is 2.30. The van der Waals surface area contributed by atoms with Crippen molar-refractivity contribution >= 4 is 17.6 Å². The Morgan fingerprint density at radius 3 is 2.75 bits per heavy atom. The Morgan fingerprint density at radius 1 is 1.50 bits per heavy atom. The third-order valence-corrected chi connectivity index (χ3v) is 3.01. The summed E-state index contributed by atoms with van der Waals surface area (Å²) in [6.45, 7) is 0. The van der Waals surface area contributed by atoms with Gasteiger partial charge >= 0.3 is 5.97 Å². The lowest BCUT2D eigenvalue weighted by Gasteiger charge is -2.27. The highest BCUT2D eigenvalue weighted by atomic mass is 35.5. The van der Waals surface area contributed by atoms with E-state index in [1.54, 1.807) is 0 Å². The van der Waals surface area contributed by atoms with Crippen LogP contribution in [0.5, 0.6) is 0 Å². The average Bonchev–Trinajstić information content (AvgIpc) is 2.16. The molecule has 0 heterocycles. The number of esters is 1. The molecule has 12 heavy (non-hydrogen) atoms. The van der Waals surface area contributed by atoms with Crippen molar-refractivity contribution in [1.82, 2.24) is 0 Å². The highest BCUT2D eigenvalue weighted by molar-refractivity contribution is 6.18. The summed E-state index contributed by atoms with van der Waals surface area (Å²) in [4.78, 5) is 11.3. The number of carbonyl (C=O) groups excluding carboxylic acids is 1. The van der Waals surface area contributed by atoms with Gasteiger partial charge in [0.05, 0.1) is 13.0 Å². The summed E-state index contributed by atoms with van der Waals surface area (Å²) in [6, 6.07) is 0. The van der Waals surface area contributed by atoms with E-state index >= 15 is 0 Å². The normalized spacial score (nSPS) is 29.8. The van der Waals surface area contributed by atoms with E-state index in [1.807, 2.05) is 0 Å². The predicted octanol–water partition coefficient (Wildman–Crippen LogP) is 2.20. The van der Waals surface area contributed by atoms with Gasteiger partial charge in [-0.25, -0.2) is 0 Å². The zero-order valence-corrected chi connectivity index (χ0v) is 8.14. The second kappa shape index (κ2) is 4.70. The molecule has 0 aromatic rings. The maximum Gasteiger partial charge on any atom is 0.308 e. The first-order valence-corrected chi connectivity index (χ1v) is 4.97. The zero-order valence-electron chi connectivity index (χ0n) is 7.38. The van der Waals surface area contributed by atoms with Crippen LogP contribution in [0.1, 0.15) is 25.7 Å². The van der Waals surface area contributed by atoms with Crippen LogP contribution in [0, 0.1) is 11.8 Å². The maximum absolute atomic E-state index is 11.3. The number of hydrogen-bond acceptors (Lipinski definition) is 2. The number of methoxy groups -OCH3 is 1. The van der Waals surface area contributed by atoms with Gasteiger partial charge in [0.25, 0.3) is 0 Å². The molecular weight excluding hydrogens is 176 g/mol. The van der Waals surface area contributed by atoms with Crippen LogP contribution in [0.15, 0.2) is 0 Å². The van der Waals surface area contributed by atoms with Gasteiger partial charge in [0.1, 0.15) is 0 Å². The van der Waals surface area contributed by atoms with Gasteiger partial charge in [-0.3, -0.25) is 4.79 Å². The second-order valence-corrected chi connectivity index (χ2v) is 3.64. The minimum Gasteiger partial charge on any atom is -0.469 e. The summed E-state index contributed by atoms with van der Waals surface area (Å²) in [5.41, 5.74) is 0. The largest absolute Gasteiger partial charge is 0.469 e. The van der Waals surface area contributed by atoms with Crippen molar-refractivity contribution in [3.05, 3.63) is 0 Å². The van der Waals surface area contributed by atoms with Gasteiger partial charge in [-0.2, -0.15) is 0 Å². The molecule has 0 spiro atoms. The smallest absolute Gasteiger partial charge is 0.308 e. The van der Waals surface area contributed by atoms with Crippen molar-refractivity contribution < 1.29 is 9.53 Å². The van der Waals surface area contributed by atoms with Crippen LogP contribution < -0.4 is 0 Å². The Kier molecular flexibility index (Phi) is 3.86. The topological polar surface area (TPSA) is 26.3 Å². The summed E-state index contributed by atoms with van der Waals surface area (Å²) in [5, 5.41) is 0. The van der Waals surface area contributed by atoms with E-state index in [4.69, 9.17) is 16.3 Å². The first-order valence-electron chi connectivity index (χ1n) is 4.43. The Labute approximate surface area is 78.2 Å². The van der Waals surface area contributed by atoms with Crippen LogP contribution in [0.25, 0.3) is 0 Å². The molecule has 0 amide bonds. The Hall–Kier alpha value is -0.240. The van der Waals surface area contributed by atoms with E-state index in [1.165, 1.54) is 13.5 Å². The Bertz CT molecular complexity index is 159. The molecule has 0 aromatic heterocycles. The lowest BCUT2D eigenvalue weighted by atomic mass is 9.80.